The van der Waals surface area contributed by atoms with E-state index < -0.39 is 0 Å². The number of hydrogen-bond donors (Lipinski definition) is 1. The number of aryl methyl sites for hydroxylation is 1. The quantitative estimate of drug-likeness (QED) is 0.849. The summed E-state index contributed by atoms with van der Waals surface area (Å²) in [5.41, 5.74) is 1.22. The van der Waals surface area contributed by atoms with Crippen LogP contribution in [0.4, 0.5) is 0 Å². The maximum Gasteiger partial charge on any atom is 0.236 e. The van der Waals surface area contributed by atoms with Crippen LogP contribution in [0.3, 0.4) is 0 Å². The van der Waals surface area contributed by atoms with Gasteiger partial charge >= 0.3 is 0 Å². The second-order valence-corrected chi connectivity index (χ2v) is 4.61. The summed E-state index contributed by atoms with van der Waals surface area (Å²) < 4.78 is 7.65. The molecular formula is C13H20N4O. The topological polar surface area (TPSA) is 55.9 Å². The Hall–Kier alpha value is -1.62. The van der Waals surface area contributed by atoms with Gasteiger partial charge in [-0.1, -0.05) is 20.8 Å². The first kappa shape index (κ1) is 12.8. The molecule has 0 aromatic carbocycles. The molecular weight excluding hydrogens is 228 g/mol. The molecule has 0 aliphatic carbocycles. The fourth-order valence-corrected chi connectivity index (χ4v) is 1.71. The molecule has 0 atom stereocenters. The monoisotopic (exact) mass is 248 g/mol. The van der Waals surface area contributed by atoms with Crippen LogP contribution >= 0.6 is 0 Å². The zero-order valence-electron chi connectivity index (χ0n) is 11.2. The summed E-state index contributed by atoms with van der Waals surface area (Å²) in [5, 5.41) is 11.4. The molecule has 0 saturated heterocycles. The molecule has 0 spiro atoms. The number of aromatic nitrogens is 3. The van der Waals surface area contributed by atoms with Crippen LogP contribution in [-0.2, 0) is 19.5 Å². The number of nitrogens with zero attached hydrogens (tertiary/aromatic N) is 3. The Bertz CT molecular complexity index is 487. The summed E-state index contributed by atoms with van der Waals surface area (Å²) in [7, 11) is 0. The fourth-order valence-electron chi connectivity index (χ4n) is 1.71. The van der Waals surface area contributed by atoms with E-state index in [2.05, 4.69) is 40.0 Å². The first-order chi connectivity index (χ1) is 8.69. The highest BCUT2D eigenvalue weighted by molar-refractivity contribution is 5.08. The third-order valence-electron chi connectivity index (χ3n) is 2.73. The SMILES string of the molecule is CCc1nnc(Cn2cccc2CNC(C)C)o1. The van der Waals surface area contributed by atoms with E-state index in [1.54, 1.807) is 0 Å². The zero-order chi connectivity index (χ0) is 13.0. The van der Waals surface area contributed by atoms with Gasteiger partial charge in [-0.3, -0.25) is 0 Å². The molecule has 0 unspecified atom stereocenters. The molecule has 5 heteroatoms. The van der Waals surface area contributed by atoms with Gasteiger partial charge in [0.25, 0.3) is 0 Å². The van der Waals surface area contributed by atoms with Crippen LogP contribution in [0.15, 0.2) is 22.7 Å². The van der Waals surface area contributed by atoms with Crippen LogP contribution in [0.2, 0.25) is 0 Å². The van der Waals surface area contributed by atoms with E-state index >= 15 is 0 Å². The molecule has 2 aromatic heterocycles. The maximum atomic E-state index is 5.52. The Morgan fingerprint density at radius 2 is 2.11 bits per heavy atom. The normalized spacial score (nSPS) is 11.3. The van der Waals surface area contributed by atoms with Crippen LogP contribution < -0.4 is 5.32 Å². The van der Waals surface area contributed by atoms with Gasteiger partial charge in [0, 0.05) is 30.9 Å². The molecule has 0 aliphatic heterocycles. The number of nitrogens with one attached hydrogen (secondary N) is 1. The van der Waals surface area contributed by atoms with Crippen LogP contribution in [0.1, 0.15) is 38.2 Å². The van der Waals surface area contributed by atoms with E-state index in [1.165, 1.54) is 5.69 Å². The highest BCUT2D eigenvalue weighted by Gasteiger charge is 2.07. The second-order valence-electron chi connectivity index (χ2n) is 4.61. The summed E-state index contributed by atoms with van der Waals surface area (Å²) in [6, 6.07) is 4.62. The number of hydrogen-bond acceptors (Lipinski definition) is 4. The third-order valence-corrected chi connectivity index (χ3v) is 2.73. The van der Waals surface area contributed by atoms with Gasteiger partial charge in [-0.15, -0.1) is 10.2 Å². The molecule has 0 saturated carbocycles. The van der Waals surface area contributed by atoms with Crippen molar-refractivity contribution >= 4 is 0 Å². The van der Waals surface area contributed by atoms with Gasteiger partial charge in [0.1, 0.15) is 6.54 Å². The lowest BCUT2D eigenvalue weighted by Gasteiger charge is -2.10. The predicted octanol–water partition coefficient (Wildman–Crippen LogP) is 1.98. The predicted molar refractivity (Wildman–Crippen MR) is 69.2 cm³/mol. The van der Waals surface area contributed by atoms with E-state index in [0.717, 1.165) is 13.0 Å². The van der Waals surface area contributed by atoms with Crippen LogP contribution in [0.25, 0.3) is 0 Å². The molecule has 0 bridgehead atoms. The third kappa shape index (κ3) is 3.20. The second kappa shape index (κ2) is 5.82. The van der Waals surface area contributed by atoms with Crippen molar-refractivity contribution in [2.45, 2.75) is 46.3 Å². The molecule has 0 fully saturated rings. The maximum absolute atomic E-state index is 5.52. The molecule has 2 aromatic rings. The van der Waals surface area contributed by atoms with Gasteiger partial charge < -0.3 is 14.3 Å². The zero-order valence-corrected chi connectivity index (χ0v) is 11.2. The van der Waals surface area contributed by atoms with Gasteiger partial charge in [-0.05, 0) is 12.1 Å². The van der Waals surface area contributed by atoms with Crippen molar-refractivity contribution in [3.63, 3.8) is 0 Å². The van der Waals surface area contributed by atoms with Gasteiger partial charge in [0.05, 0.1) is 0 Å². The Labute approximate surface area is 107 Å². The number of rotatable bonds is 6. The van der Waals surface area contributed by atoms with E-state index in [0.29, 0.717) is 24.4 Å². The minimum atomic E-state index is 0.475. The van der Waals surface area contributed by atoms with E-state index in [4.69, 9.17) is 4.42 Å². The highest BCUT2D eigenvalue weighted by atomic mass is 16.4. The molecule has 98 valence electrons. The van der Waals surface area contributed by atoms with Gasteiger partial charge in [-0.2, -0.15) is 0 Å². The van der Waals surface area contributed by atoms with Crippen LogP contribution in [-0.4, -0.2) is 20.8 Å². The van der Waals surface area contributed by atoms with Gasteiger partial charge in [-0.25, -0.2) is 0 Å². The first-order valence-electron chi connectivity index (χ1n) is 6.37. The summed E-state index contributed by atoms with van der Waals surface area (Å²) in [5.74, 6) is 1.35. The average molecular weight is 248 g/mol. The molecule has 2 rings (SSSR count). The van der Waals surface area contributed by atoms with Gasteiger partial charge in [0.2, 0.25) is 11.8 Å². The van der Waals surface area contributed by atoms with Gasteiger partial charge in [0.15, 0.2) is 0 Å². The summed E-state index contributed by atoms with van der Waals surface area (Å²) >= 11 is 0. The molecule has 1 N–H and O–H groups in total. The largest absolute Gasteiger partial charge is 0.423 e. The van der Waals surface area contributed by atoms with E-state index in [1.807, 2.05) is 19.2 Å². The average Bonchev–Trinajstić information content (AvgIpc) is 2.96. The lowest BCUT2D eigenvalue weighted by atomic mass is 10.3. The minimum absolute atomic E-state index is 0.475. The van der Waals surface area contributed by atoms with Crippen molar-refractivity contribution < 1.29 is 4.42 Å². The van der Waals surface area contributed by atoms with E-state index in [-0.39, 0.29) is 0 Å². The minimum Gasteiger partial charge on any atom is -0.423 e. The van der Waals surface area contributed by atoms with Crippen molar-refractivity contribution in [1.82, 2.24) is 20.1 Å². The summed E-state index contributed by atoms with van der Waals surface area (Å²) in [4.78, 5) is 0. The molecule has 5 nitrogen and oxygen atoms in total. The smallest absolute Gasteiger partial charge is 0.236 e. The lowest BCUT2D eigenvalue weighted by Crippen LogP contribution is -2.23. The summed E-state index contributed by atoms with van der Waals surface area (Å²) in [6.07, 6.45) is 2.81. The Kier molecular flexibility index (Phi) is 4.15. The van der Waals surface area contributed by atoms with Crippen molar-refractivity contribution in [3.05, 3.63) is 35.8 Å². The molecule has 18 heavy (non-hydrogen) atoms. The first-order valence-corrected chi connectivity index (χ1v) is 6.37. The molecule has 0 radical (unpaired) electrons. The Morgan fingerprint density at radius 1 is 1.33 bits per heavy atom. The molecule has 2 heterocycles. The molecule has 0 amide bonds. The lowest BCUT2D eigenvalue weighted by molar-refractivity contribution is 0.438. The van der Waals surface area contributed by atoms with Crippen LogP contribution in [0, 0.1) is 0 Å². The Morgan fingerprint density at radius 3 is 2.78 bits per heavy atom. The fraction of sp³-hybridized carbons (Fsp3) is 0.538. The van der Waals surface area contributed by atoms with Crippen LogP contribution in [0.5, 0.6) is 0 Å². The van der Waals surface area contributed by atoms with Crippen molar-refractivity contribution in [2.24, 2.45) is 0 Å². The highest BCUT2D eigenvalue weighted by Crippen LogP contribution is 2.08. The summed E-state index contributed by atoms with van der Waals surface area (Å²) in [6.45, 7) is 7.76. The molecule has 0 aliphatic rings. The van der Waals surface area contributed by atoms with Crippen molar-refractivity contribution in [2.75, 3.05) is 0 Å². The Balaban J connectivity index is 2.02. The van der Waals surface area contributed by atoms with Crippen molar-refractivity contribution in [3.8, 4) is 0 Å². The van der Waals surface area contributed by atoms with E-state index in [9.17, 15) is 0 Å². The standard InChI is InChI=1S/C13H20N4O/c1-4-12-15-16-13(18-12)9-17-7-5-6-11(17)8-14-10(2)3/h5-7,10,14H,4,8-9H2,1-3H3. The van der Waals surface area contributed by atoms with Crippen molar-refractivity contribution in [1.29, 1.82) is 0 Å².